The summed E-state index contributed by atoms with van der Waals surface area (Å²) in [5.41, 5.74) is 0.226. The number of carbonyl (C=O) groups excluding carboxylic acids is 3. The van der Waals surface area contributed by atoms with Crippen LogP contribution in [0.2, 0.25) is 5.02 Å². The SMILES string of the molecule is C#CCNC(=O)c1cccc(F)c1Nc1nc(Nc2ccc3c(c2)NC(=O)C(NC(=O)C(F)(F)F)CC3(C)C)ncc1Cl. The zero-order valence-corrected chi connectivity index (χ0v) is 23.4. The van der Waals surface area contributed by atoms with Crippen LogP contribution < -0.4 is 26.6 Å². The molecule has 2 aromatic carbocycles. The molecule has 0 aliphatic carbocycles. The smallest absolute Gasteiger partial charge is 0.341 e. The molecule has 10 nitrogen and oxygen atoms in total. The Kier molecular flexibility index (Phi) is 8.77. The summed E-state index contributed by atoms with van der Waals surface area (Å²) >= 11 is 6.24. The van der Waals surface area contributed by atoms with Gasteiger partial charge in [0.1, 0.15) is 16.9 Å². The first-order valence-electron chi connectivity index (χ1n) is 12.6. The van der Waals surface area contributed by atoms with E-state index in [-0.39, 0.29) is 41.0 Å². The third-order valence-electron chi connectivity index (χ3n) is 6.45. The fraction of sp³-hybridized carbons (Fsp3) is 0.250. The molecule has 0 radical (unpaired) electrons. The van der Waals surface area contributed by atoms with E-state index in [4.69, 9.17) is 18.0 Å². The number of benzene rings is 2. The Bertz CT molecular complexity index is 1640. The molecule has 1 atom stereocenters. The van der Waals surface area contributed by atoms with Crippen molar-refractivity contribution < 1.29 is 31.9 Å². The molecule has 3 amide bonds. The molecular formula is C28H24ClF4N7O3. The molecule has 0 fully saturated rings. The molecular weight excluding hydrogens is 594 g/mol. The zero-order valence-electron chi connectivity index (χ0n) is 22.6. The van der Waals surface area contributed by atoms with Crippen LogP contribution in [0.1, 0.15) is 36.2 Å². The van der Waals surface area contributed by atoms with E-state index in [9.17, 15) is 31.9 Å². The van der Waals surface area contributed by atoms with Crippen molar-refractivity contribution in [3.63, 3.8) is 0 Å². The summed E-state index contributed by atoms with van der Waals surface area (Å²) in [6.45, 7) is 3.39. The number of hydrogen-bond donors (Lipinski definition) is 5. The number of carbonyl (C=O) groups is 3. The van der Waals surface area contributed by atoms with Gasteiger partial charge in [-0.25, -0.2) is 9.37 Å². The number of para-hydroxylation sites is 1. The van der Waals surface area contributed by atoms with Crippen LogP contribution in [-0.4, -0.2) is 46.5 Å². The van der Waals surface area contributed by atoms with Crippen LogP contribution in [0, 0.1) is 18.2 Å². The average Bonchev–Trinajstić information content (AvgIpc) is 3.02. The molecule has 43 heavy (non-hydrogen) atoms. The molecule has 0 saturated carbocycles. The maximum atomic E-state index is 14.7. The van der Waals surface area contributed by atoms with Crippen molar-refractivity contribution in [3.05, 3.63) is 64.6 Å². The van der Waals surface area contributed by atoms with Gasteiger partial charge in [0.2, 0.25) is 11.9 Å². The Labute approximate surface area is 248 Å². The summed E-state index contributed by atoms with van der Waals surface area (Å²) in [6.07, 6.45) is 1.18. The molecule has 1 aromatic heterocycles. The van der Waals surface area contributed by atoms with E-state index in [1.54, 1.807) is 31.3 Å². The Morgan fingerprint density at radius 1 is 1.21 bits per heavy atom. The van der Waals surface area contributed by atoms with Crippen LogP contribution in [0.15, 0.2) is 42.6 Å². The Morgan fingerprint density at radius 2 is 1.95 bits per heavy atom. The summed E-state index contributed by atoms with van der Waals surface area (Å²) in [5, 5.41) is 12.4. The quantitative estimate of drug-likeness (QED) is 0.190. The average molecular weight is 618 g/mol. The summed E-state index contributed by atoms with van der Waals surface area (Å²) in [5.74, 6) is -2.20. The minimum absolute atomic E-state index is 0.00366. The summed E-state index contributed by atoms with van der Waals surface area (Å²) in [7, 11) is 0. The lowest BCUT2D eigenvalue weighted by atomic mass is 9.79. The summed E-state index contributed by atoms with van der Waals surface area (Å²) in [6, 6.07) is 7.27. The minimum atomic E-state index is -5.14. The van der Waals surface area contributed by atoms with Gasteiger partial charge in [-0.1, -0.05) is 43.5 Å². The van der Waals surface area contributed by atoms with Crippen molar-refractivity contribution in [1.29, 1.82) is 0 Å². The van der Waals surface area contributed by atoms with Gasteiger partial charge in [-0.05, 0) is 41.7 Å². The molecule has 1 aliphatic heterocycles. The molecule has 0 bridgehead atoms. The van der Waals surface area contributed by atoms with E-state index in [0.717, 1.165) is 6.07 Å². The Morgan fingerprint density at radius 3 is 2.65 bits per heavy atom. The molecule has 224 valence electrons. The number of halogens is 5. The van der Waals surface area contributed by atoms with Gasteiger partial charge < -0.3 is 26.6 Å². The number of fused-ring (bicyclic) bond motifs is 1. The van der Waals surface area contributed by atoms with Crippen LogP contribution in [0.25, 0.3) is 0 Å². The van der Waals surface area contributed by atoms with E-state index < -0.39 is 41.2 Å². The number of terminal acetylenes is 1. The van der Waals surface area contributed by atoms with Gasteiger partial charge in [-0.2, -0.15) is 18.2 Å². The van der Waals surface area contributed by atoms with E-state index in [1.807, 2.05) is 0 Å². The van der Waals surface area contributed by atoms with Crippen LogP contribution in [0.3, 0.4) is 0 Å². The maximum Gasteiger partial charge on any atom is 0.471 e. The highest BCUT2D eigenvalue weighted by Gasteiger charge is 2.43. The van der Waals surface area contributed by atoms with E-state index in [0.29, 0.717) is 16.9 Å². The van der Waals surface area contributed by atoms with E-state index in [2.05, 4.69) is 37.2 Å². The second-order valence-corrected chi connectivity index (χ2v) is 10.5. The van der Waals surface area contributed by atoms with Gasteiger partial charge in [-0.3, -0.25) is 14.4 Å². The van der Waals surface area contributed by atoms with Gasteiger partial charge in [0, 0.05) is 11.4 Å². The van der Waals surface area contributed by atoms with Crippen LogP contribution in [0.5, 0.6) is 0 Å². The molecule has 1 aliphatic rings. The molecule has 4 rings (SSSR count). The first kappa shape index (κ1) is 31.0. The molecule has 15 heteroatoms. The van der Waals surface area contributed by atoms with Gasteiger partial charge in [0.15, 0.2) is 5.82 Å². The van der Waals surface area contributed by atoms with Gasteiger partial charge in [0.05, 0.1) is 24.0 Å². The summed E-state index contributed by atoms with van der Waals surface area (Å²) in [4.78, 5) is 45.2. The fourth-order valence-electron chi connectivity index (χ4n) is 4.43. The molecule has 1 unspecified atom stereocenters. The van der Waals surface area contributed by atoms with Gasteiger partial charge in [0.25, 0.3) is 5.91 Å². The number of anilines is 5. The van der Waals surface area contributed by atoms with Crippen molar-refractivity contribution in [2.45, 2.75) is 37.9 Å². The van der Waals surface area contributed by atoms with E-state index >= 15 is 0 Å². The lowest BCUT2D eigenvalue weighted by Crippen LogP contribution is -2.49. The van der Waals surface area contributed by atoms with Crippen molar-refractivity contribution in [3.8, 4) is 12.3 Å². The number of rotatable bonds is 7. The first-order valence-corrected chi connectivity index (χ1v) is 13.0. The molecule has 0 spiro atoms. The monoisotopic (exact) mass is 617 g/mol. The second-order valence-electron chi connectivity index (χ2n) is 10.1. The van der Waals surface area contributed by atoms with Crippen molar-refractivity contribution in [2.24, 2.45) is 0 Å². The number of nitrogens with zero attached hydrogens (tertiary/aromatic N) is 2. The number of alkyl halides is 3. The lowest BCUT2D eigenvalue weighted by Gasteiger charge is -2.27. The van der Waals surface area contributed by atoms with Crippen LogP contribution in [0.4, 0.5) is 46.4 Å². The molecule has 5 N–H and O–H groups in total. The predicted octanol–water partition coefficient (Wildman–Crippen LogP) is 4.79. The fourth-order valence-corrected chi connectivity index (χ4v) is 4.57. The van der Waals surface area contributed by atoms with E-state index in [1.165, 1.54) is 24.4 Å². The number of amides is 3. The number of hydrogen-bond acceptors (Lipinski definition) is 7. The number of nitrogens with one attached hydrogen (secondary N) is 5. The first-order chi connectivity index (χ1) is 20.2. The zero-order chi connectivity index (χ0) is 31.5. The third kappa shape index (κ3) is 7.12. The molecule has 0 saturated heterocycles. The third-order valence-corrected chi connectivity index (χ3v) is 6.73. The van der Waals surface area contributed by atoms with Crippen molar-refractivity contribution in [2.75, 3.05) is 22.5 Å². The highest BCUT2D eigenvalue weighted by atomic mass is 35.5. The Balaban J connectivity index is 1.58. The van der Waals surface area contributed by atoms with Crippen LogP contribution >= 0.6 is 11.6 Å². The molecule has 2 heterocycles. The summed E-state index contributed by atoms with van der Waals surface area (Å²) < 4.78 is 53.2. The predicted molar refractivity (Wildman–Crippen MR) is 152 cm³/mol. The normalized spacial score (nSPS) is 15.7. The van der Waals surface area contributed by atoms with Crippen LogP contribution in [-0.2, 0) is 15.0 Å². The Hall–Kier alpha value is -4.90. The maximum absolute atomic E-state index is 14.7. The second kappa shape index (κ2) is 12.1. The lowest BCUT2D eigenvalue weighted by molar-refractivity contribution is -0.174. The van der Waals surface area contributed by atoms with Gasteiger partial charge >= 0.3 is 12.1 Å². The van der Waals surface area contributed by atoms with Crippen molar-refractivity contribution in [1.82, 2.24) is 20.6 Å². The minimum Gasteiger partial charge on any atom is -0.341 e. The number of aromatic nitrogens is 2. The highest BCUT2D eigenvalue weighted by Crippen LogP contribution is 2.39. The topological polar surface area (TPSA) is 137 Å². The van der Waals surface area contributed by atoms with Gasteiger partial charge in [-0.15, -0.1) is 6.42 Å². The highest BCUT2D eigenvalue weighted by molar-refractivity contribution is 6.33. The standard InChI is InChI=1S/C28H24ClF4N7O3/c1-4-10-34-23(41)15-6-5-7-18(30)21(15)39-22-17(29)13-35-26(40-22)36-14-8-9-16-19(11-14)37-24(42)20(12-27(16,2)3)38-25(43)28(31,32)33/h1,5-9,11,13,20H,10,12H2,2-3H3,(H,34,41)(H,37,42)(H,38,43)(H2,35,36,39,40). The molecule has 3 aromatic rings. The van der Waals surface area contributed by atoms with Crippen molar-refractivity contribution >= 4 is 58.2 Å². The largest absolute Gasteiger partial charge is 0.471 e.